The normalized spacial score (nSPS) is 17.1. The fourth-order valence-corrected chi connectivity index (χ4v) is 3.26. The molecule has 0 spiro atoms. The van der Waals surface area contributed by atoms with Crippen molar-refractivity contribution in [3.63, 3.8) is 0 Å². The standard InChI is InChI=1S/C12H21N5O3S/c1-3-17-8-10(13)11(14-17)12(18)16-6-4-9(5-7-16)15-21(2,19)20/h8-9,15H,3-7,13H2,1-2H3. The predicted molar refractivity (Wildman–Crippen MR) is 79.2 cm³/mol. The van der Waals surface area contributed by atoms with Gasteiger partial charge in [0, 0.05) is 31.9 Å². The summed E-state index contributed by atoms with van der Waals surface area (Å²) in [5.41, 5.74) is 6.46. The lowest BCUT2D eigenvalue weighted by atomic mass is 10.1. The summed E-state index contributed by atoms with van der Waals surface area (Å²) < 4.78 is 26.6. The Morgan fingerprint density at radius 2 is 2.10 bits per heavy atom. The second kappa shape index (κ2) is 6.02. The number of sulfonamides is 1. The Bertz CT molecular complexity index is 617. The topological polar surface area (TPSA) is 110 Å². The van der Waals surface area contributed by atoms with E-state index < -0.39 is 10.0 Å². The van der Waals surface area contributed by atoms with Crippen LogP contribution < -0.4 is 10.5 Å². The second-order valence-corrected chi connectivity index (χ2v) is 7.03. The molecule has 1 fully saturated rings. The number of nitrogens with zero attached hydrogens (tertiary/aromatic N) is 3. The molecule has 2 rings (SSSR count). The Morgan fingerprint density at radius 1 is 1.48 bits per heavy atom. The summed E-state index contributed by atoms with van der Waals surface area (Å²) in [6.07, 6.45) is 3.97. The van der Waals surface area contributed by atoms with Gasteiger partial charge < -0.3 is 10.6 Å². The predicted octanol–water partition coefficient (Wildman–Crippen LogP) is -0.361. The lowest BCUT2D eigenvalue weighted by Gasteiger charge is -2.31. The number of aromatic nitrogens is 2. The van der Waals surface area contributed by atoms with E-state index in [9.17, 15) is 13.2 Å². The number of aryl methyl sites for hydroxylation is 1. The Morgan fingerprint density at radius 3 is 2.57 bits per heavy atom. The number of anilines is 1. The van der Waals surface area contributed by atoms with Crippen molar-refractivity contribution in [1.29, 1.82) is 0 Å². The first-order valence-electron chi connectivity index (χ1n) is 6.89. The van der Waals surface area contributed by atoms with E-state index in [1.165, 1.54) is 0 Å². The number of hydrogen-bond donors (Lipinski definition) is 2. The first-order valence-corrected chi connectivity index (χ1v) is 8.78. The molecule has 9 heteroatoms. The molecule has 1 amide bonds. The van der Waals surface area contributed by atoms with E-state index >= 15 is 0 Å². The summed E-state index contributed by atoms with van der Waals surface area (Å²) >= 11 is 0. The quantitative estimate of drug-likeness (QED) is 0.788. The Labute approximate surface area is 124 Å². The number of nitrogens with one attached hydrogen (secondary N) is 1. The van der Waals surface area contributed by atoms with Crippen LogP contribution in [0.1, 0.15) is 30.3 Å². The highest BCUT2D eigenvalue weighted by molar-refractivity contribution is 7.88. The number of piperidine rings is 1. The zero-order valence-electron chi connectivity index (χ0n) is 12.2. The molecule has 0 atom stereocenters. The molecule has 1 aromatic rings. The van der Waals surface area contributed by atoms with Gasteiger partial charge in [-0.25, -0.2) is 13.1 Å². The van der Waals surface area contributed by atoms with Crippen molar-refractivity contribution >= 4 is 21.6 Å². The van der Waals surface area contributed by atoms with Crippen molar-refractivity contribution in [2.75, 3.05) is 25.1 Å². The van der Waals surface area contributed by atoms with Crippen LogP contribution >= 0.6 is 0 Å². The van der Waals surface area contributed by atoms with Gasteiger partial charge in [-0.3, -0.25) is 9.48 Å². The summed E-state index contributed by atoms with van der Waals surface area (Å²) in [5, 5.41) is 4.17. The molecule has 8 nitrogen and oxygen atoms in total. The number of likely N-dealkylation sites (tertiary alicyclic amines) is 1. The molecule has 0 bridgehead atoms. The average Bonchev–Trinajstić information content (AvgIpc) is 2.78. The van der Waals surface area contributed by atoms with Crippen molar-refractivity contribution in [1.82, 2.24) is 19.4 Å². The Balaban J connectivity index is 1.98. The van der Waals surface area contributed by atoms with Gasteiger partial charge >= 0.3 is 0 Å². The zero-order chi connectivity index (χ0) is 15.6. The molecule has 1 aliphatic rings. The monoisotopic (exact) mass is 315 g/mol. The molecule has 1 aliphatic heterocycles. The number of nitrogen functional groups attached to an aromatic ring is 1. The largest absolute Gasteiger partial charge is 0.396 e. The molecular weight excluding hydrogens is 294 g/mol. The number of carbonyl (C=O) groups is 1. The van der Waals surface area contributed by atoms with Gasteiger partial charge in [0.25, 0.3) is 5.91 Å². The summed E-state index contributed by atoms with van der Waals surface area (Å²) in [6.45, 7) is 3.55. The smallest absolute Gasteiger partial charge is 0.276 e. The Hall–Kier alpha value is -1.61. The van der Waals surface area contributed by atoms with Crippen LogP contribution in [0.25, 0.3) is 0 Å². The average molecular weight is 315 g/mol. The van der Waals surface area contributed by atoms with E-state index in [4.69, 9.17) is 5.73 Å². The van der Waals surface area contributed by atoms with Crippen molar-refractivity contribution in [2.24, 2.45) is 0 Å². The molecule has 0 unspecified atom stereocenters. The molecular formula is C12H21N5O3S. The van der Waals surface area contributed by atoms with Crippen molar-refractivity contribution in [3.05, 3.63) is 11.9 Å². The first-order chi connectivity index (χ1) is 9.80. The van der Waals surface area contributed by atoms with E-state index in [-0.39, 0.29) is 17.6 Å². The second-order valence-electron chi connectivity index (χ2n) is 5.25. The van der Waals surface area contributed by atoms with Gasteiger partial charge in [-0.1, -0.05) is 0 Å². The van der Waals surface area contributed by atoms with Gasteiger partial charge in [0.15, 0.2) is 5.69 Å². The minimum atomic E-state index is -3.21. The molecule has 118 valence electrons. The Kier molecular flexibility index (Phi) is 4.52. The minimum Gasteiger partial charge on any atom is -0.396 e. The van der Waals surface area contributed by atoms with Gasteiger partial charge in [0.05, 0.1) is 11.9 Å². The molecule has 1 saturated heterocycles. The fraction of sp³-hybridized carbons (Fsp3) is 0.667. The highest BCUT2D eigenvalue weighted by Gasteiger charge is 2.27. The van der Waals surface area contributed by atoms with Crippen LogP contribution in [0.5, 0.6) is 0 Å². The number of carbonyl (C=O) groups excluding carboxylic acids is 1. The lowest BCUT2D eigenvalue weighted by molar-refractivity contribution is 0.0705. The summed E-state index contributed by atoms with van der Waals surface area (Å²) in [5.74, 6) is -0.197. The minimum absolute atomic E-state index is 0.116. The molecule has 0 saturated carbocycles. The molecule has 21 heavy (non-hydrogen) atoms. The number of amides is 1. The van der Waals surface area contributed by atoms with Crippen LogP contribution in [0.4, 0.5) is 5.69 Å². The third kappa shape index (κ3) is 3.94. The van der Waals surface area contributed by atoms with E-state index in [0.29, 0.717) is 38.2 Å². The van der Waals surface area contributed by atoms with Gasteiger partial charge in [0.1, 0.15) is 0 Å². The molecule has 0 aromatic carbocycles. The van der Waals surface area contributed by atoms with Crippen LogP contribution in [0, 0.1) is 0 Å². The van der Waals surface area contributed by atoms with Crippen LogP contribution in [-0.2, 0) is 16.6 Å². The maximum Gasteiger partial charge on any atom is 0.276 e. The van der Waals surface area contributed by atoms with Crippen LogP contribution in [0.2, 0.25) is 0 Å². The summed E-state index contributed by atoms with van der Waals surface area (Å²) in [6, 6.07) is -0.116. The van der Waals surface area contributed by atoms with Gasteiger partial charge in [-0.15, -0.1) is 0 Å². The number of nitrogens with two attached hydrogens (primary N) is 1. The van der Waals surface area contributed by atoms with E-state index in [1.54, 1.807) is 15.8 Å². The number of rotatable bonds is 4. The highest BCUT2D eigenvalue weighted by atomic mass is 32.2. The third-order valence-corrected chi connectivity index (χ3v) is 4.24. The van der Waals surface area contributed by atoms with Crippen LogP contribution in [-0.4, -0.2) is 54.4 Å². The fourth-order valence-electron chi connectivity index (χ4n) is 2.42. The third-order valence-electron chi connectivity index (χ3n) is 3.48. The highest BCUT2D eigenvalue weighted by Crippen LogP contribution is 2.17. The van der Waals surface area contributed by atoms with E-state index in [0.717, 1.165) is 6.26 Å². The maximum absolute atomic E-state index is 12.4. The van der Waals surface area contributed by atoms with Crippen LogP contribution in [0.15, 0.2) is 6.20 Å². The van der Waals surface area contributed by atoms with Crippen LogP contribution in [0.3, 0.4) is 0 Å². The first kappa shape index (κ1) is 15.8. The van der Waals surface area contributed by atoms with E-state index in [1.807, 2.05) is 6.92 Å². The van der Waals surface area contributed by atoms with E-state index in [2.05, 4.69) is 9.82 Å². The molecule has 1 aromatic heterocycles. The van der Waals surface area contributed by atoms with Gasteiger partial charge in [-0.2, -0.15) is 5.10 Å². The molecule has 2 heterocycles. The van der Waals surface area contributed by atoms with Crippen molar-refractivity contribution in [3.8, 4) is 0 Å². The van der Waals surface area contributed by atoms with Crippen molar-refractivity contribution < 1.29 is 13.2 Å². The zero-order valence-corrected chi connectivity index (χ0v) is 13.1. The SMILES string of the molecule is CCn1cc(N)c(C(=O)N2CCC(NS(C)(=O)=O)CC2)n1. The molecule has 0 aliphatic carbocycles. The van der Waals surface area contributed by atoms with Crippen molar-refractivity contribution in [2.45, 2.75) is 32.4 Å². The molecule has 0 radical (unpaired) electrons. The van der Waals surface area contributed by atoms with Gasteiger partial charge in [0.2, 0.25) is 10.0 Å². The van der Waals surface area contributed by atoms with Gasteiger partial charge in [-0.05, 0) is 19.8 Å². The lowest BCUT2D eigenvalue weighted by Crippen LogP contribution is -2.46. The maximum atomic E-state index is 12.4. The summed E-state index contributed by atoms with van der Waals surface area (Å²) in [4.78, 5) is 14.0. The summed E-state index contributed by atoms with van der Waals surface area (Å²) in [7, 11) is -3.21. The number of hydrogen-bond acceptors (Lipinski definition) is 5. The molecule has 3 N–H and O–H groups in total.